The van der Waals surface area contributed by atoms with Crippen molar-refractivity contribution in [2.75, 3.05) is 0 Å². The molecule has 1 aromatic carbocycles. The van der Waals surface area contributed by atoms with E-state index in [0.717, 1.165) is 0 Å². The molecule has 0 N–H and O–H groups in total. The van der Waals surface area contributed by atoms with Crippen molar-refractivity contribution in [3.8, 4) is 18.2 Å². The summed E-state index contributed by atoms with van der Waals surface area (Å²) >= 11 is 4.00. The van der Waals surface area contributed by atoms with Gasteiger partial charge in [0.2, 0.25) is 0 Å². The van der Waals surface area contributed by atoms with Crippen LogP contribution < -0.4 is 0 Å². The van der Waals surface area contributed by atoms with Gasteiger partial charge in [0.05, 0.1) is 22.8 Å². The van der Waals surface area contributed by atoms with Crippen LogP contribution >= 0.6 is 12.6 Å². The van der Waals surface area contributed by atoms with Crippen LogP contribution in [0.25, 0.3) is 0 Å². The summed E-state index contributed by atoms with van der Waals surface area (Å²) in [6, 6.07) is 8.41. The average molecular weight is 209 g/mol. The molecule has 0 heterocycles. The van der Waals surface area contributed by atoms with Gasteiger partial charge >= 0.3 is 29.6 Å². The molecule has 0 aliphatic carbocycles. The van der Waals surface area contributed by atoms with Crippen molar-refractivity contribution in [3.63, 3.8) is 0 Å². The van der Waals surface area contributed by atoms with Gasteiger partial charge in [0, 0.05) is 4.90 Å². The molecule has 0 aliphatic rings. The molecule has 1 rings (SSSR count). The summed E-state index contributed by atoms with van der Waals surface area (Å²) < 4.78 is 0. The van der Waals surface area contributed by atoms with Crippen molar-refractivity contribution < 1.29 is 0 Å². The van der Waals surface area contributed by atoms with Crippen LogP contribution in [0.2, 0.25) is 0 Å². The van der Waals surface area contributed by atoms with Crippen LogP contribution in [-0.4, -0.2) is 29.6 Å². The standard InChI is InChI=1S/C9H3N3S.Na.H/c10-3-6-1-7(4-11)9(13)8(2-6)5-12;;/h1-2,13H;;. The summed E-state index contributed by atoms with van der Waals surface area (Å²) in [4.78, 5) is 0.323. The number of rotatable bonds is 0. The first-order valence-corrected chi connectivity index (χ1v) is 3.75. The minimum absolute atomic E-state index is 0. The van der Waals surface area contributed by atoms with Gasteiger partial charge in [0.1, 0.15) is 12.1 Å². The van der Waals surface area contributed by atoms with Crippen LogP contribution in [0.15, 0.2) is 17.0 Å². The van der Waals surface area contributed by atoms with Gasteiger partial charge in [-0.3, -0.25) is 0 Å². The van der Waals surface area contributed by atoms with E-state index in [0.29, 0.717) is 10.5 Å². The molecule has 0 amide bonds. The fraction of sp³-hybridized carbons (Fsp3) is 0. The molecule has 62 valence electrons. The summed E-state index contributed by atoms with van der Waals surface area (Å²) in [6.45, 7) is 0. The van der Waals surface area contributed by atoms with E-state index in [1.165, 1.54) is 12.1 Å². The number of nitrogens with zero attached hydrogens (tertiary/aromatic N) is 3. The Morgan fingerprint density at radius 2 is 1.36 bits per heavy atom. The second kappa shape index (κ2) is 5.70. The third-order valence-corrected chi connectivity index (χ3v) is 1.96. The maximum atomic E-state index is 8.64. The first-order valence-electron chi connectivity index (χ1n) is 3.30. The van der Waals surface area contributed by atoms with Crippen LogP contribution in [0.3, 0.4) is 0 Å². The van der Waals surface area contributed by atoms with Crippen LogP contribution in [-0.2, 0) is 0 Å². The van der Waals surface area contributed by atoms with Gasteiger partial charge in [-0.1, -0.05) is 0 Å². The predicted octanol–water partition coefficient (Wildman–Crippen LogP) is 0.942. The van der Waals surface area contributed by atoms with E-state index < -0.39 is 0 Å². The molecule has 14 heavy (non-hydrogen) atoms. The zero-order valence-corrected chi connectivity index (χ0v) is 7.34. The third kappa shape index (κ3) is 2.51. The third-order valence-electron chi connectivity index (χ3n) is 1.48. The Bertz CT molecular complexity index is 441. The van der Waals surface area contributed by atoms with Crippen molar-refractivity contribution in [1.82, 2.24) is 0 Å². The molecule has 0 spiro atoms. The first kappa shape index (κ1) is 13.0. The number of hydrogen-bond donors (Lipinski definition) is 1. The molecular weight excluding hydrogens is 205 g/mol. The van der Waals surface area contributed by atoms with E-state index in [1.807, 2.05) is 18.2 Å². The van der Waals surface area contributed by atoms with Crippen molar-refractivity contribution in [3.05, 3.63) is 28.8 Å². The molecular formula is C9H4N3NaS. The molecule has 0 saturated heterocycles. The molecule has 0 unspecified atom stereocenters. The Morgan fingerprint density at radius 3 is 1.64 bits per heavy atom. The number of thiol groups is 1. The Kier molecular flexibility index (Phi) is 5.31. The molecule has 0 radical (unpaired) electrons. The zero-order chi connectivity index (χ0) is 9.84. The average Bonchev–Trinajstić information content (AvgIpc) is 2.18. The van der Waals surface area contributed by atoms with E-state index in [4.69, 9.17) is 15.8 Å². The summed E-state index contributed by atoms with van der Waals surface area (Å²) in [5.41, 5.74) is 0.795. The predicted molar refractivity (Wildman–Crippen MR) is 55.0 cm³/mol. The quantitative estimate of drug-likeness (QED) is 0.510. The van der Waals surface area contributed by atoms with Crippen molar-refractivity contribution >= 4 is 42.2 Å². The van der Waals surface area contributed by atoms with E-state index in [1.54, 1.807) is 0 Å². The van der Waals surface area contributed by atoms with Crippen molar-refractivity contribution in [2.45, 2.75) is 4.90 Å². The van der Waals surface area contributed by atoms with E-state index in [-0.39, 0.29) is 40.7 Å². The van der Waals surface area contributed by atoms with Gasteiger partial charge in [-0.2, -0.15) is 15.8 Å². The number of benzene rings is 1. The summed E-state index contributed by atoms with van der Waals surface area (Å²) in [5, 5.41) is 25.9. The zero-order valence-electron chi connectivity index (χ0n) is 6.44. The summed E-state index contributed by atoms with van der Waals surface area (Å²) in [5.74, 6) is 0. The molecule has 0 fully saturated rings. The monoisotopic (exact) mass is 209 g/mol. The molecule has 0 aliphatic heterocycles. The van der Waals surface area contributed by atoms with Gasteiger partial charge in [-0.05, 0) is 12.1 Å². The Hall–Kier alpha value is -0.960. The molecule has 5 heteroatoms. The maximum absolute atomic E-state index is 8.64. The van der Waals surface area contributed by atoms with Crippen molar-refractivity contribution in [2.24, 2.45) is 0 Å². The minimum atomic E-state index is 0. The molecule has 0 aromatic heterocycles. The van der Waals surface area contributed by atoms with Crippen LogP contribution in [0.4, 0.5) is 0 Å². The fourth-order valence-corrected chi connectivity index (χ4v) is 1.10. The van der Waals surface area contributed by atoms with E-state index in [9.17, 15) is 0 Å². The summed E-state index contributed by atoms with van der Waals surface area (Å²) in [6.07, 6.45) is 0. The van der Waals surface area contributed by atoms with E-state index in [2.05, 4.69) is 12.6 Å². The second-order valence-electron chi connectivity index (χ2n) is 2.26. The van der Waals surface area contributed by atoms with Crippen LogP contribution in [0.5, 0.6) is 0 Å². The number of hydrogen-bond acceptors (Lipinski definition) is 4. The molecule has 0 saturated carbocycles. The molecule has 1 aromatic rings. The Morgan fingerprint density at radius 1 is 0.929 bits per heavy atom. The molecule has 0 atom stereocenters. The Balaban J connectivity index is 0.00000169. The van der Waals surface area contributed by atoms with Gasteiger partial charge in [0.25, 0.3) is 0 Å². The summed E-state index contributed by atoms with van der Waals surface area (Å²) in [7, 11) is 0. The van der Waals surface area contributed by atoms with Gasteiger partial charge in [0.15, 0.2) is 0 Å². The topological polar surface area (TPSA) is 71.4 Å². The first-order chi connectivity index (χ1) is 6.22. The fourth-order valence-electron chi connectivity index (χ4n) is 0.869. The van der Waals surface area contributed by atoms with Crippen LogP contribution in [0, 0.1) is 34.0 Å². The molecule has 0 bridgehead atoms. The Labute approximate surface area is 109 Å². The number of nitriles is 3. The van der Waals surface area contributed by atoms with E-state index >= 15 is 0 Å². The van der Waals surface area contributed by atoms with Gasteiger partial charge in [-0.25, -0.2) is 0 Å². The van der Waals surface area contributed by atoms with Crippen LogP contribution in [0.1, 0.15) is 16.7 Å². The van der Waals surface area contributed by atoms with Gasteiger partial charge in [-0.15, -0.1) is 12.6 Å². The van der Waals surface area contributed by atoms with Gasteiger partial charge < -0.3 is 0 Å². The SMILES string of the molecule is N#Cc1cc(C#N)c(S)c(C#N)c1.[NaH]. The van der Waals surface area contributed by atoms with Crippen molar-refractivity contribution in [1.29, 1.82) is 15.8 Å². The normalized spacial score (nSPS) is 7.57. The second-order valence-corrected chi connectivity index (χ2v) is 2.70. The molecule has 3 nitrogen and oxygen atoms in total.